The molecule has 0 amide bonds. The van der Waals surface area contributed by atoms with E-state index in [4.69, 9.17) is 23.1 Å². The molecule has 0 aromatic heterocycles. The number of benzene rings is 1. The highest BCUT2D eigenvalue weighted by Gasteiger charge is 2.15. The maximum Gasteiger partial charge on any atom is 0.255 e. The van der Waals surface area contributed by atoms with Crippen molar-refractivity contribution < 1.29 is 13.2 Å². The van der Waals surface area contributed by atoms with Crippen LogP contribution in [0.2, 0.25) is 5.02 Å². The molecule has 0 spiro atoms. The van der Waals surface area contributed by atoms with Crippen LogP contribution in [0.4, 0.5) is 30.2 Å². The minimum atomic E-state index is -2.61. The topological polar surface area (TPSA) is 64.1 Å². The Bertz CT molecular complexity index is 371. The lowest BCUT2D eigenvalue weighted by atomic mass is 10.2. The number of nitrogen functional groups attached to an aromatic ring is 2. The van der Waals surface area contributed by atoms with Crippen LogP contribution < -0.4 is 16.8 Å². The zero-order chi connectivity index (χ0) is 11.6. The number of halogens is 4. The third kappa shape index (κ3) is 2.59. The van der Waals surface area contributed by atoms with Gasteiger partial charge >= 0.3 is 0 Å². The van der Waals surface area contributed by atoms with E-state index in [1.165, 1.54) is 6.07 Å². The maximum atomic E-state index is 13.4. The molecular weight excluding hydrogens is 231 g/mol. The minimum Gasteiger partial charge on any atom is -0.397 e. The van der Waals surface area contributed by atoms with Gasteiger partial charge in [-0.15, -0.1) is 0 Å². The Morgan fingerprint density at radius 2 is 1.93 bits per heavy atom. The Morgan fingerprint density at radius 1 is 1.33 bits per heavy atom. The third-order valence-electron chi connectivity index (χ3n) is 1.70. The Hall–Kier alpha value is -1.30. The fraction of sp³-hybridized carbons (Fsp3) is 0.250. The lowest BCUT2D eigenvalue weighted by Gasteiger charge is -2.12. The molecule has 7 heteroatoms. The number of nitrogens with one attached hydrogen (secondary N) is 1. The molecule has 0 atom stereocenters. The van der Waals surface area contributed by atoms with Crippen molar-refractivity contribution in [3.63, 3.8) is 0 Å². The van der Waals surface area contributed by atoms with Crippen molar-refractivity contribution >= 4 is 28.7 Å². The van der Waals surface area contributed by atoms with Gasteiger partial charge in [0, 0.05) is 0 Å². The van der Waals surface area contributed by atoms with Crippen LogP contribution in [-0.2, 0) is 0 Å². The van der Waals surface area contributed by atoms with Crippen LogP contribution in [0.3, 0.4) is 0 Å². The lowest BCUT2D eigenvalue weighted by molar-refractivity contribution is 0.163. The van der Waals surface area contributed by atoms with Crippen LogP contribution in [0.15, 0.2) is 6.07 Å². The predicted molar refractivity (Wildman–Crippen MR) is 54.7 cm³/mol. The number of rotatable bonds is 3. The van der Waals surface area contributed by atoms with Gasteiger partial charge in [0.1, 0.15) is 5.02 Å². The van der Waals surface area contributed by atoms with E-state index in [1.54, 1.807) is 0 Å². The molecule has 1 rings (SSSR count). The smallest absolute Gasteiger partial charge is 0.255 e. The number of hydrogen-bond donors (Lipinski definition) is 3. The van der Waals surface area contributed by atoms with Gasteiger partial charge in [-0.1, -0.05) is 11.6 Å². The van der Waals surface area contributed by atoms with Crippen molar-refractivity contribution in [2.75, 3.05) is 23.3 Å². The summed E-state index contributed by atoms with van der Waals surface area (Å²) in [4.78, 5) is 0. The van der Waals surface area contributed by atoms with Crippen LogP contribution in [0.5, 0.6) is 0 Å². The number of alkyl halides is 2. The monoisotopic (exact) mass is 239 g/mol. The molecule has 0 aliphatic heterocycles. The number of nitrogens with two attached hydrogens (primary N) is 2. The van der Waals surface area contributed by atoms with Crippen LogP contribution in [0.25, 0.3) is 0 Å². The van der Waals surface area contributed by atoms with Crippen molar-refractivity contribution in [1.29, 1.82) is 0 Å². The molecule has 15 heavy (non-hydrogen) atoms. The second-order valence-corrected chi connectivity index (χ2v) is 3.21. The number of hydrogen-bond acceptors (Lipinski definition) is 3. The first-order valence-corrected chi connectivity index (χ1v) is 4.36. The van der Waals surface area contributed by atoms with E-state index in [0.29, 0.717) is 0 Å². The zero-order valence-electron chi connectivity index (χ0n) is 7.53. The highest BCUT2D eigenvalue weighted by molar-refractivity contribution is 6.33. The minimum absolute atomic E-state index is 0.0331. The largest absolute Gasteiger partial charge is 0.397 e. The van der Waals surface area contributed by atoms with Gasteiger partial charge in [0.05, 0.1) is 23.6 Å². The molecule has 1 aromatic rings. The first-order chi connectivity index (χ1) is 6.93. The average Bonchev–Trinajstić information content (AvgIpc) is 2.14. The molecular formula is C8H9ClF3N3. The summed E-state index contributed by atoms with van der Waals surface area (Å²) in [6, 6.07) is 1.21. The molecule has 0 radical (unpaired) electrons. The van der Waals surface area contributed by atoms with E-state index in [2.05, 4.69) is 5.32 Å². The van der Waals surface area contributed by atoms with E-state index in [0.717, 1.165) is 0 Å². The first kappa shape index (κ1) is 11.8. The second kappa shape index (κ2) is 4.48. The summed E-state index contributed by atoms with van der Waals surface area (Å²) >= 11 is 5.49. The quantitative estimate of drug-likeness (QED) is 0.710. The van der Waals surface area contributed by atoms with Crippen molar-refractivity contribution in [1.82, 2.24) is 0 Å². The van der Waals surface area contributed by atoms with Crippen molar-refractivity contribution in [3.8, 4) is 0 Å². The summed E-state index contributed by atoms with van der Waals surface area (Å²) in [6.07, 6.45) is -2.61. The third-order valence-corrected chi connectivity index (χ3v) is 2.08. The summed E-state index contributed by atoms with van der Waals surface area (Å²) in [5, 5.41) is 1.83. The van der Waals surface area contributed by atoms with Crippen molar-refractivity contribution in [2.24, 2.45) is 0 Å². The Balaban J connectivity index is 3.02. The van der Waals surface area contributed by atoms with Gasteiger partial charge in [-0.25, -0.2) is 13.2 Å². The van der Waals surface area contributed by atoms with Gasteiger partial charge in [-0.2, -0.15) is 0 Å². The number of anilines is 3. The average molecular weight is 240 g/mol. The van der Waals surface area contributed by atoms with Gasteiger partial charge in [0.25, 0.3) is 6.43 Å². The molecule has 0 bridgehead atoms. The van der Waals surface area contributed by atoms with Gasteiger partial charge in [-0.3, -0.25) is 0 Å². The molecule has 3 nitrogen and oxygen atoms in total. The maximum absolute atomic E-state index is 13.4. The fourth-order valence-electron chi connectivity index (χ4n) is 1.03. The molecule has 1 aromatic carbocycles. The van der Waals surface area contributed by atoms with Gasteiger partial charge in [0.15, 0.2) is 5.82 Å². The predicted octanol–water partition coefficient (Wildman–Crippen LogP) is 2.32. The van der Waals surface area contributed by atoms with E-state index in [-0.39, 0.29) is 22.1 Å². The van der Waals surface area contributed by atoms with E-state index in [1.807, 2.05) is 0 Å². The normalized spacial score (nSPS) is 10.7. The van der Waals surface area contributed by atoms with Gasteiger partial charge in [-0.05, 0) is 6.07 Å². The molecule has 0 heterocycles. The van der Waals surface area contributed by atoms with Crippen LogP contribution in [-0.4, -0.2) is 13.0 Å². The van der Waals surface area contributed by atoms with Crippen molar-refractivity contribution in [2.45, 2.75) is 6.43 Å². The molecule has 5 N–H and O–H groups in total. The Labute approximate surface area is 89.2 Å². The molecule has 0 saturated carbocycles. The Kier molecular flexibility index (Phi) is 3.52. The van der Waals surface area contributed by atoms with Crippen LogP contribution >= 0.6 is 11.6 Å². The first-order valence-electron chi connectivity index (χ1n) is 3.98. The van der Waals surface area contributed by atoms with Crippen LogP contribution in [0, 0.1) is 5.82 Å². The molecule has 0 saturated heterocycles. The van der Waals surface area contributed by atoms with E-state index >= 15 is 0 Å². The fourth-order valence-corrected chi connectivity index (χ4v) is 1.17. The molecule has 0 aliphatic rings. The summed E-state index contributed by atoms with van der Waals surface area (Å²) in [5.74, 6) is -0.921. The molecule has 0 aliphatic carbocycles. The standard InChI is InChI=1S/C8H9ClF3N3/c9-6-3(13)1-4(14)8(7(6)12)15-2-5(10)11/h1,5,15H,2,13-14H2. The summed E-state index contributed by atoms with van der Waals surface area (Å²) < 4.78 is 37.1. The zero-order valence-corrected chi connectivity index (χ0v) is 8.28. The summed E-state index contributed by atoms with van der Waals surface area (Å²) in [6.45, 7) is -0.707. The Morgan fingerprint density at radius 3 is 2.47 bits per heavy atom. The molecule has 0 fully saturated rings. The summed E-state index contributed by atoms with van der Waals surface area (Å²) in [5.41, 5.74) is 10.4. The summed E-state index contributed by atoms with van der Waals surface area (Å²) in [7, 11) is 0. The second-order valence-electron chi connectivity index (χ2n) is 2.83. The highest BCUT2D eigenvalue weighted by Crippen LogP contribution is 2.33. The van der Waals surface area contributed by atoms with Gasteiger partial charge < -0.3 is 16.8 Å². The SMILES string of the molecule is Nc1cc(N)c(NCC(F)F)c(F)c1Cl. The van der Waals surface area contributed by atoms with E-state index in [9.17, 15) is 13.2 Å². The van der Waals surface area contributed by atoms with Crippen molar-refractivity contribution in [3.05, 3.63) is 16.9 Å². The van der Waals surface area contributed by atoms with Gasteiger partial charge in [0.2, 0.25) is 0 Å². The lowest BCUT2D eigenvalue weighted by Crippen LogP contribution is -2.13. The van der Waals surface area contributed by atoms with Crippen LogP contribution in [0.1, 0.15) is 0 Å². The molecule has 84 valence electrons. The molecule has 0 unspecified atom stereocenters. The highest BCUT2D eigenvalue weighted by atomic mass is 35.5. The van der Waals surface area contributed by atoms with E-state index < -0.39 is 18.8 Å².